The van der Waals surface area contributed by atoms with Crippen LogP contribution in [0.4, 0.5) is 5.69 Å². The van der Waals surface area contributed by atoms with Gasteiger partial charge in [-0.3, -0.25) is 0 Å². The Bertz CT molecular complexity index is 944. The van der Waals surface area contributed by atoms with Crippen molar-refractivity contribution in [1.29, 1.82) is 0 Å². The quantitative estimate of drug-likeness (QED) is 0.723. The summed E-state index contributed by atoms with van der Waals surface area (Å²) < 4.78 is 25.1. The third kappa shape index (κ3) is 3.83. The van der Waals surface area contributed by atoms with Gasteiger partial charge in [0.25, 0.3) is 0 Å². The van der Waals surface area contributed by atoms with Gasteiger partial charge >= 0.3 is 0 Å². The number of hydrogen-bond acceptors (Lipinski definition) is 4. The largest absolute Gasteiger partial charge is 0.399 e. The lowest BCUT2D eigenvalue weighted by Crippen LogP contribution is -2.06. The lowest BCUT2D eigenvalue weighted by Gasteiger charge is -2.09. The Morgan fingerprint density at radius 1 is 1.08 bits per heavy atom. The molecule has 0 bridgehead atoms. The lowest BCUT2D eigenvalue weighted by atomic mass is 10.1. The first-order valence-electron chi connectivity index (χ1n) is 7.55. The summed E-state index contributed by atoms with van der Waals surface area (Å²) in [7, 11) is -3.17. The summed E-state index contributed by atoms with van der Waals surface area (Å²) in [6, 6.07) is 14.7. The van der Waals surface area contributed by atoms with E-state index in [1.807, 2.05) is 42.6 Å². The number of hydrogen-bond donors (Lipinski definition) is 1. The molecule has 24 heavy (non-hydrogen) atoms. The lowest BCUT2D eigenvalue weighted by molar-refractivity contribution is 0.602. The van der Waals surface area contributed by atoms with E-state index in [2.05, 4.69) is 9.55 Å². The smallest absolute Gasteiger partial charge is 0.175 e. The van der Waals surface area contributed by atoms with Crippen molar-refractivity contribution in [2.45, 2.75) is 17.9 Å². The predicted octanol–water partition coefficient (Wildman–Crippen LogP) is 2.51. The summed E-state index contributed by atoms with van der Waals surface area (Å²) in [5.41, 5.74) is 8.69. The molecule has 124 valence electrons. The van der Waals surface area contributed by atoms with Gasteiger partial charge in [-0.1, -0.05) is 24.3 Å². The second-order valence-corrected chi connectivity index (χ2v) is 7.83. The summed E-state index contributed by atoms with van der Waals surface area (Å²) in [5, 5.41) is 0. The molecule has 0 spiro atoms. The molecule has 0 radical (unpaired) electrons. The summed E-state index contributed by atoms with van der Waals surface area (Å²) in [4.78, 5) is 4.75. The molecular formula is C18H19N3O2S. The minimum atomic E-state index is -3.17. The summed E-state index contributed by atoms with van der Waals surface area (Å²) in [5.74, 6) is 0.938. The Morgan fingerprint density at radius 2 is 1.83 bits per heavy atom. The van der Waals surface area contributed by atoms with Gasteiger partial charge in [-0.15, -0.1) is 0 Å². The number of sulfone groups is 1. The van der Waals surface area contributed by atoms with Crippen LogP contribution in [-0.2, 0) is 22.8 Å². The third-order valence-corrected chi connectivity index (χ3v) is 4.95. The fraction of sp³-hybridized carbons (Fsp3) is 0.167. The maximum Gasteiger partial charge on any atom is 0.175 e. The fourth-order valence-electron chi connectivity index (χ4n) is 2.58. The van der Waals surface area contributed by atoms with Crippen molar-refractivity contribution in [3.05, 3.63) is 77.9 Å². The van der Waals surface area contributed by atoms with Crippen LogP contribution in [0.1, 0.15) is 17.0 Å². The fourth-order valence-corrected chi connectivity index (χ4v) is 3.21. The van der Waals surface area contributed by atoms with Crippen molar-refractivity contribution >= 4 is 15.5 Å². The molecule has 0 atom stereocenters. The number of benzene rings is 2. The van der Waals surface area contributed by atoms with Crippen LogP contribution in [-0.4, -0.2) is 24.2 Å². The molecule has 2 N–H and O–H groups in total. The highest BCUT2D eigenvalue weighted by atomic mass is 32.2. The molecule has 0 aliphatic rings. The maximum atomic E-state index is 11.5. The molecule has 3 aromatic rings. The molecule has 0 fully saturated rings. The molecule has 1 aromatic heterocycles. The minimum absolute atomic E-state index is 0.330. The molecule has 3 rings (SSSR count). The first-order valence-corrected chi connectivity index (χ1v) is 9.44. The number of nitrogens with two attached hydrogens (primary N) is 1. The number of rotatable bonds is 5. The van der Waals surface area contributed by atoms with E-state index in [9.17, 15) is 8.42 Å². The number of nitrogens with zero attached hydrogens (tertiary/aromatic N) is 2. The van der Waals surface area contributed by atoms with Gasteiger partial charge in [0.1, 0.15) is 5.82 Å². The SMILES string of the molecule is CS(=O)(=O)c1ccc(Cn2ccnc2Cc2cccc(N)c2)cc1. The van der Waals surface area contributed by atoms with Crippen LogP contribution in [0, 0.1) is 0 Å². The third-order valence-electron chi connectivity index (χ3n) is 3.82. The first kappa shape index (κ1) is 16.3. The topological polar surface area (TPSA) is 78.0 Å². The highest BCUT2D eigenvalue weighted by molar-refractivity contribution is 7.90. The van der Waals surface area contributed by atoms with Crippen molar-refractivity contribution in [2.24, 2.45) is 0 Å². The molecule has 5 nitrogen and oxygen atoms in total. The van der Waals surface area contributed by atoms with Gasteiger partial charge in [0, 0.05) is 37.3 Å². The van der Waals surface area contributed by atoms with Gasteiger partial charge in [-0.05, 0) is 35.4 Å². The number of imidazole rings is 1. The Kier molecular flexibility index (Phi) is 4.40. The van der Waals surface area contributed by atoms with Crippen LogP contribution >= 0.6 is 0 Å². The molecule has 0 aliphatic carbocycles. The average molecular weight is 341 g/mol. The number of aromatic nitrogens is 2. The van der Waals surface area contributed by atoms with Gasteiger partial charge in [0.05, 0.1) is 4.90 Å². The van der Waals surface area contributed by atoms with Gasteiger partial charge in [0.2, 0.25) is 0 Å². The van der Waals surface area contributed by atoms with Crippen molar-refractivity contribution < 1.29 is 8.42 Å². The average Bonchev–Trinajstić information content (AvgIpc) is 2.94. The van der Waals surface area contributed by atoms with Gasteiger partial charge < -0.3 is 10.3 Å². The zero-order valence-corrected chi connectivity index (χ0v) is 14.2. The van der Waals surface area contributed by atoms with E-state index in [4.69, 9.17) is 5.73 Å². The van der Waals surface area contributed by atoms with Crippen LogP contribution in [0.5, 0.6) is 0 Å². The minimum Gasteiger partial charge on any atom is -0.399 e. The molecule has 0 unspecified atom stereocenters. The number of nitrogen functional groups attached to an aromatic ring is 1. The second kappa shape index (κ2) is 6.49. The second-order valence-electron chi connectivity index (χ2n) is 5.81. The van der Waals surface area contributed by atoms with Crippen LogP contribution in [0.2, 0.25) is 0 Å². The summed E-state index contributed by atoms with van der Waals surface area (Å²) >= 11 is 0. The van der Waals surface area contributed by atoms with Crippen molar-refractivity contribution in [3.8, 4) is 0 Å². The number of anilines is 1. The Morgan fingerprint density at radius 3 is 2.50 bits per heavy atom. The van der Waals surface area contributed by atoms with E-state index in [1.54, 1.807) is 18.3 Å². The van der Waals surface area contributed by atoms with Crippen molar-refractivity contribution in [3.63, 3.8) is 0 Å². The molecule has 2 aromatic carbocycles. The Balaban J connectivity index is 1.78. The predicted molar refractivity (Wildman–Crippen MR) is 94.5 cm³/mol. The maximum absolute atomic E-state index is 11.5. The molecule has 1 heterocycles. The first-order chi connectivity index (χ1) is 11.4. The highest BCUT2D eigenvalue weighted by Crippen LogP contribution is 2.15. The van der Waals surface area contributed by atoms with E-state index in [-0.39, 0.29) is 0 Å². The van der Waals surface area contributed by atoms with E-state index >= 15 is 0 Å². The van der Waals surface area contributed by atoms with Crippen LogP contribution in [0.25, 0.3) is 0 Å². The van der Waals surface area contributed by atoms with E-state index < -0.39 is 9.84 Å². The van der Waals surface area contributed by atoms with E-state index in [1.165, 1.54) is 6.26 Å². The van der Waals surface area contributed by atoms with Gasteiger partial charge in [-0.25, -0.2) is 13.4 Å². The normalized spacial score (nSPS) is 11.5. The molecule has 0 amide bonds. The molecule has 0 saturated heterocycles. The van der Waals surface area contributed by atoms with Crippen molar-refractivity contribution in [2.75, 3.05) is 12.0 Å². The highest BCUT2D eigenvalue weighted by Gasteiger charge is 2.08. The van der Waals surface area contributed by atoms with Gasteiger partial charge in [-0.2, -0.15) is 0 Å². The van der Waals surface area contributed by atoms with Crippen LogP contribution in [0.3, 0.4) is 0 Å². The zero-order chi connectivity index (χ0) is 17.2. The van der Waals surface area contributed by atoms with E-state index in [0.29, 0.717) is 17.9 Å². The molecule has 6 heteroatoms. The molecule has 0 aliphatic heterocycles. The van der Waals surface area contributed by atoms with E-state index in [0.717, 1.165) is 22.6 Å². The Hall–Kier alpha value is -2.60. The van der Waals surface area contributed by atoms with Crippen LogP contribution in [0.15, 0.2) is 65.8 Å². The summed E-state index contributed by atoms with van der Waals surface area (Å²) in [6.45, 7) is 0.641. The monoisotopic (exact) mass is 341 g/mol. The molecule has 0 saturated carbocycles. The zero-order valence-electron chi connectivity index (χ0n) is 13.4. The standard InChI is InChI=1S/C18H19N3O2S/c1-24(22,23)17-7-5-14(6-8-17)13-21-10-9-20-18(21)12-15-3-2-4-16(19)11-15/h2-11H,12-13,19H2,1H3. The van der Waals surface area contributed by atoms with Gasteiger partial charge in [0.15, 0.2) is 9.84 Å². The van der Waals surface area contributed by atoms with Crippen molar-refractivity contribution in [1.82, 2.24) is 9.55 Å². The Labute approximate surface area is 141 Å². The molecular weight excluding hydrogens is 322 g/mol. The van der Waals surface area contributed by atoms with Crippen LogP contribution < -0.4 is 5.73 Å². The summed E-state index contributed by atoms with van der Waals surface area (Å²) in [6.07, 6.45) is 5.60.